The van der Waals surface area contributed by atoms with E-state index in [1.807, 2.05) is 16.7 Å². The molecule has 2 heterocycles. The van der Waals surface area contributed by atoms with E-state index in [1.54, 1.807) is 0 Å². The van der Waals surface area contributed by atoms with Gasteiger partial charge in [0.15, 0.2) is 0 Å². The van der Waals surface area contributed by atoms with Gasteiger partial charge in [-0.3, -0.25) is 0 Å². The van der Waals surface area contributed by atoms with Crippen LogP contribution in [-0.4, -0.2) is 47.5 Å². The van der Waals surface area contributed by atoms with Gasteiger partial charge in [-0.2, -0.15) is 0 Å². The molecule has 4 heteroatoms. The van der Waals surface area contributed by atoms with Crippen LogP contribution in [0.15, 0.2) is 0 Å². The van der Waals surface area contributed by atoms with Gasteiger partial charge in [0.2, 0.25) is 0 Å². The Hall–Kier alpha value is -0.770. The maximum atomic E-state index is 12.6. The molecule has 4 nitrogen and oxygen atoms in total. The van der Waals surface area contributed by atoms with Gasteiger partial charge < -0.3 is 15.5 Å². The van der Waals surface area contributed by atoms with Crippen LogP contribution in [0.25, 0.3) is 0 Å². The molecule has 2 saturated heterocycles. The van der Waals surface area contributed by atoms with Crippen LogP contribution in [0.2, 0.25) is 0 Å². The van der Waals surface area contributed by atoms with Gasteiger partial charge >= 0.3 is 6.03 Å². The highest BCUT2D eigenvalue weighted by Crippen LogP contribution is 2.22. The van der Waals surface area contributed by atoms with Gasteiger partial charge in [0.1, 0.15) is 0 Å². The molecule has 2 rings (SSSR count). The second kappa shape index (κ2) is 6.41. The molecule has 2 fully saturated rings. The number of rotatable bonds is 1. The molecule has 2 aliphatic rings. The lowest BCUT2D eigenvalue weighted by molar-refractivity contribution is 0.108. The second-order valence-electron chi connectivity index (χ2n) is 5.80. The van der Waals surface area contributed by atoms with E-state index >= 15 is 0 Å². The summed E-state index contributed by atoms with van der Waals surface area (Å²) in [6.45, 7) is 4.78. The molecule has 0 aromatic heterocycles. The first-order chi connectivity index (χ1) is 8.70. The predicted molar refractivity (Wildman–Crippen MR) is 73.4 cm³/mol. The molecule has 2 N–H and O–H groups in total. The molecular weight excluding hydrogens is 226 g/mol. The van der Waals surface area contributed by atoms with Crippen LogP contribution in [0.3, 0.4) is 0 Å². The van der Waals surface area contributed by atoms with Crippen molar-refractivity contribution >= 4 is 6.03 Å². The number of hydrogen-bond acceptors (Lipinski definition) is 2. The third-order valence-corrected chi connectivity index (χ3v) is 4.28. The highest BCUT2D eigenvalue weighted by Gasteiger charge is 2.31. The van der Waals surface area contributed by atoms with Gasteiger partial charge in [0.05, 0.1) is 0 Å². The summed E-state index contributed by atoms with van der Waals surface area (Å²) in [4.78, 5) is 16.7. The van der Waals surface area contributed by atoms with Gasteiger partial charge in [-0.05, 0) is 39.0 Å². The summed E-state index contributed by atoms with van der Waals surface area (Å²) in [5, 5.41) is 0. The van der Waals surface area contributed by atoms with E-state index in [0.29, 0.717) is 0 Å². The molecule has 18 heavy (non-hydrogen) atoms. The number of piperidine rings is 1. The zero-order valence-corrected chi connectivity index (χ0v) is 11.6. The zero-order valence-electron chi connectivity index (χ0n) is 11.6. The van der Waals surface area contributed by atoms with Crippen molar-refractivity contribution in [3.05, 3.63) is 0 Å². The Morgan fingerprint density at radius 2 is 1.67 bits per heavy atom. The third kappa shape index (κ3) is 3.16. The Morgan fingerprint density at radius 1 is 1.06 bits per heavy atom. The summed E-state index contributed by atoms with van der Waals surface area (Å²) >= 11 is 0. The number of nitrogens with zero attached hydrogens (tertiary/aromatic N) is 2. The van der Waals surface area contributed by atoms with E-state index in [9.17, 15) is 4.79 Å². The van der Waals surface area contributed by atoms with Crippen LogP contribution in [0.4, 0.5) is 4.79 Å². The minimum atomic E-state index is 0.0845. The van der Waals surface area contributed by atoms with E-state index in [0.717, 1.165) is 45.3 Å². The Balaban J connectivity index is 2.00. The number of hydrogen-bond donors (Lipinski definition) is 1. The molecular formula is C14H27N3O. The summed E-state index contributed by atoms with van der Waals surface area (Å²) < 4.78 is 0. The lowest BCUT2D eigenvalue weighted by Crippen LogP contribution is -2.55. The van der Waals surface area contributed by atoms with Crippen LogP contribution in [0, 0.1) is 0 Å². The van der Waals surface area contributed by atoms with E-state index in [1.165, 1.54) is 19.3 Å². The molecule has 0 aromatic carbocycles. The number of nitrogens with two attached hydrogens (primary N) is 1. The average molecular weight is 253 g/mol. The number of amides is 2. The van der Waals surface area contributed by atoms with Gasteiger partial charge in [-0.15, -0.1) is 0 Å². The van der Waals surface area contributed by atoms with E-state index in [4.69, 9.17) is 5.73 Å². The molecule has 0 bridgehead atoms. The lowest BCUT2D eigenvalue weighted by Gasteiger charge is -2.40. The fourth-order valence-corrected chi connectivity index (χ4v) is 3.19. The number of carbonyl (C=O) groups is 1. The minimum Gasteiger partial charge on any atom is -0.326 e. The van der Waals surface area contributed by atoms with Crippen molar-refractivity contribution in [1.82, 2.24) is 9.80 Å². The molecule has 2 aliphatic heterocycles. The molecule has 0 aliphatic carbocycles. The highest BCUT2D eigenvalue weighted by molar-refractivity contribution is 5.75. The smallest absolute Gasteiger partial charge is 0.320 e. The van der Waals surface area contributed by atoms with Gasteiger partial charge in [0.25, 0.3) is 0 Å². The number of likely N-dealkylation sites (tertiary alicyclic amines) is 2. The first-order valence-corrected chi connectivity index (χ1v) is 7.51. The van der Waals surface area contributed by atoms with Crippen molar-refractivity contribution in [1.29, 1.82) is 0 Å². The molecule has 0 spiro atoms. The van der Waals surface area contributed by atoms with Crippen LogP contribution in [0.5, 0.6) is 0 Å². The lowest BCUT2D eigenvalue weighted by atomic mass is 9.97. The molecule has 2 unspecified atom stereocenters. The van der Waals surface area contributed by atoms with Crippen LogP contribution in [0.1, 0.15) is 51.9 Å². The number of carbonyl (C=O) groups excluding carboxylic acids is 1. The third-order valence-electron chi connectivity index (χ3n) is 4.28. The fraction of sp³-hybridized carbons (Fsp3) is 0.929. The van der Waals surface area contributed by atoms with Crippen LogP contribution in [-0.2, 0) is 0 Å². The SMILES string of the molecule is CC(N)C1CCCCN1C(=O)N1CCCCCC1. The fourth-order valence-electron chi connectivity index (χ4n) is 3.19. The van der Waals surface area contributed by atoms with E-state index in [2.05, 4.69) is 0 Å². The largest absolute Gasteiger partial charge is 0.326 e. The van der Waals surface area contributed by atoms with Crippen molar-refractivity contribution in [2.45, 2.75) is 64.0 Å². The van der Waals surface area contributed by atoms with Crippen molar-refractivity contribution in [2.75, 3.05) is 19.6 Å². The van der Waals surface area contributed by atoms with Crippen molar-refractivity contribution in [2.24, 2.45) is 5.73 Å². The second-order valence-corrected chi connectivity index (χ2v) is 5.80. The molecule has 2 atom stereocenters. The topological polar surface area (TPSA) is 49.6 Å². The molecule has 0 saturated carbocycles. The highest BCUT2D eigenvalue weighted by atomic mass is 16.2. The zero-order chi connectivity index (χ0) is 13.0. The van der Waals surface area contributed by atoms with Gasteiger partial charge in [-0.1, -0.05) is 12.8 Å². The quantitative estimate of drug-likeness (QED) is 0.778. The van der Waals surface area contributed by atoms with Gasteiger partial charge in [-0.25, -0.2) is 4.79 Å². The average Bonchev–Trinajstić information content (AvgIpc) is 2.66. The summed E-state index contributed by atoms with van der Waals surface area (Å²) in [5.41, 5.74) is 6.04. The maximum absolute atomic E-state index is 12.6. The minimum absolute atomic E-state index is 0.0845. The normalized spacial score (nSPS) is 27.8. The Morgan fingerprint density at radius 3 is 2.28 bits per heavy atom. The monoisotopic (exact) mass is 253 g/mol. The summed E-state index contributed by atoms with van der Waals surface area (Å²) in [5.74, 6) is 0. The predicted octanol–water partition coefficient (Wildman–Crippen LogP) is 2.18. The first-order valence-electron chi connectivity index (χ1n) is 7.51. The van der Waals surface area contributed by atoms with E-state index < -0.39 is 0 Å². The maximum Gasteiger partial charge on any atom is 0.320 e. The first kappa shape index (κ1) is 13.7. The standard InChI is InChI=1S/C14H27N3O/c1-12(15)13-8-4-7-11-17(13)14(18)16-9-5-2-3-6-10-16/h12-13H,2-11,15H2,1H3. The molecule has 0 aromatic rings. The Kier molecular flexibility index (Phi) is 4.87. The summed E-state index contributed by atoms with van der Waals surface area (Å²) in [7, 11) is 0. The molecule has 2 amide bonds. The van der Waals surface area contributed by atoms with E-state index in [-0.39, 0.29) is 18.1 Å². The van der Waals surface area contributed by atoms with Crippen molar-refractivity contribution < 1.29 is 4.79 Å². The Labute approximate surface area is 110 Å². The number of urea groups is 1. The summed E-state index contributed by atoms with van der Waals surface area (Å²) in [6, 6.07) is 0.564. The van der Waals surface area contributed by atoms with Gasteiger partial charge in [0, 0.05) is 31.7 Å². The van der Waals surface area contributed by atoms with Crippen molar-refractivity contribution in [3.8, 4) is 0 Å². The van der Waals surface area contributed by atoms with Crippen molar-refractivity contribution in [3.63, 3.8) is 0 Å². The molecule has 0 radical (unpaired) electrons. The molecule has 104 valence electrons. The van der Waals surface area contributed by atoms with Crippen LogP contribution < -0.4 is 5.73 Å². The summed E-state index contributed by atoms with van der Waals surface area (Å²) in [6.07, 6.45) is 8.24. The Bertz CT molecular complexity index is 272. The van der Waals surface area contributed by atoms with Crippen LogP contribution >= 0.6 is 0 Å².